The predicted molar refractivity (Wildman–Crippen MR) is 67.7 cm³/mol. The molecular weight excluding hydrogens is 238 g/mol. The molecule has 1 saturated carbocycles. The van der Waals surface area contributed by atoms with Gasteiger partial charge in [-0.25, -0.2) is 8.42 Å². The first-order valence-electron chi connectivity index (χ1n) is 6.66. The van der Waals surface area contributed by atoms with Gasteiger partial charge in [-0.1, -0.05) is 6.42 Å². The van der Waals surface area contributed by atoms with E-state index in [0.29, 0.717) is 23.5 Å². The van der Waals surface area contributed by atoms with Gasteiger partial charge in [-0.2, -0.15) is 0 Å². The smallest absolute Gasteiger partial charge is 0.150 e. The van der Waals surface area contributed by atoms with Gasteiger partial charge in [-0.3, -0.25) is 4.90 Å². The summed E-state index contributed by atoms with van der Waals surface area (Å²) in [5, 5.41) is 9.08. The van der Waals surface area contributed by atoms with E-state index in [1.54, 1.807) is 0 Å². The van der Waals surface area contributed by atoms with Gasteiger partial charge in [-0.05, 0) is 31.6 Å². The maximum Gasteiger partial charge on any atom is 0.150 e. The summed E-state index contributed by atoms with van der Waals surface area (Å²) >= 11 is 0. The fraction of sp³-hybridized carbons (Fsp3) is 1.00. The highest BCUT2D eigenvalue weighted by molar-refractivity contribution is 7.91. The van der Waals surface area contributed by atoms with Crippen LogP contribution in [0.25, 0.3) is 0 Å². The molecule has 1 aliphatic carbocycles. The molecule has 0 spiro atoms. The van der Waals surface area contributed by atoms with Crippen molar-refractivity contribution in [3.63, 3.8) is 0 Å². The van der Waals surface area contributed by atoms with E-state index >= 15 is 0 Å². The van der Waals surface area contributed by atoms with Crippen LogP contribution >= 0.6 is 0 Å². The van der Waals surface area contributed by atoms with Crippen LogP contribution in [0.5, 0.6) is 0 Å². The molecular formula is C12H23NO3S. The molecule has 1 saturated heterocycles. The SMILES string of the molecule is O=S1(=O)CCC(CN(CCO)C2CCC2)CC1. The minimum atomic E-state index is -2.74. The quantitative estimate of drug-likeness (QED) is 0.790. The number of hydrogen-bond donors (Lipinski definition) is 1. The molecule has 2 rings (SSSR count). The summed E-state index contributed by atoms with van der Waals surface area (Å²) in [5.74, 6) is 1.22. The third-order valence-electron chi connectivity index (χ3n) is 4.15. The van der Waals surface area contributed by atoms with Crippen LogP contribution in [-0.4, -0.2) is 55.7 Å². The minimum absolute atomic E-state index is 0.210. The van der Waals surface area contributed by atoms with Crippen LogP contribution in [0.2, 0.25) is 0 Å². The van der Waals surface area contributed by atoms with Gasteiger partial charge in [0.25, 0.3) is 0 Å². The van der Waals surface area contributed by atoms with Crippen molar-refractivity contribution in [2.24, 2.45) is 5.92 Å². The highest BCUT2D eigenvalue weighted by Crippen LogP contribution is 2.27. The number of rotatable bonds is 5. The first-order chi connectivity index (χ1) is 8.11. The van der Waals surface area contributed by atoms with E-state index in [9.17, 15) is 8.42 Å². The maximum absolute atomic E-state index is 11.4. The molecule has 1 N–H and O–H groups in total. The molecule has 4 nitrogen and oxygen atoms in total. The molecule has 17 heavy (non-hydrogen) atoms. The lowest BCUT2D eigenvalue weighted by molar-refractivity contribution is 0.0830. The summed E-state index contributed by atoms with van der Waals surface area (Å²) in [7, 11) is -2.74. The Morgan fingerprint density at radius 3 is 2.24 bits per heavy atom. The zero-order valence-electron chi connectivity index (χ0n) is 10.3. The Kier molecular flexibility index (Phi) is 4.44. The van der Waals surface area contributed by atoms with E-state index in [1.807, 2.05) is 0 Å². The van der Waals surface area contributed by atoms with Crippen molar-refractivity contribution in [1.29, 1.82) is 0 Å². The Morgan fingerprint density at radius 2 is 1.76 bits per heavy atom. The molecule has 0 aromatic carbocycles. The lowest BCUT2D eigenvalue weighted by atomic mass is 9.90. The topological polar surface area (TPSA) is 57.6 Å². The van der Waals surface area contributed by atoms with E-state index in [1.165, 1.54) is 19.3 Å². The molecule has 1 aliphatic heterocycles. The van der Waals surface area contributed by atoms with Gasteiger partial charge in [-0.15, -0.1) is 0 Å². The van der Waals surface area contributed by atoms with Gasteiger partial charge in [0.1, 0.15) is 9.84 Å². The van der Waals surface area contributed by atoms with Crippen molar-refractivity contribution in [1.82, 2.24) is 4.90 Å². The number of hydrogen-bond acceptors (Lipinski definition) is 4. The third kappa shape index (κ3) is 3.66. The first kappa shape index (κ1) is 13.3. The Labute approximate surface area is 104 Å². The lowest BCUT2D eigenvalue weighted by Crippen LogP contribution is -2.45. The second-order valence-corrected chi connectivity index (χ2v) is 7.70. The Hall–Kier alpha value is -0.130. The van der Waals surface area contributed by atoms with Gasteiger partial charge in [0.15, 0.2) is 0 Å². The summed E-state index contributed by atoms with van der Waals surface area (Å²) in [4.78, 5) is 2.37. The van der Waals surface area contributed by atoms with Crippen LogP contribution < -0.4 is 0 Å². The standard InChI is InChI=1S/C12H23NO3S/c14-7-6-13(12-2-1-3-12)10-11-4-8-17(15,16)9-5-11/h11-12,14H,1-10H2. The van der Waals surface area contributed by atoms with Gasteiger partial charge in [0, 0.05) is 19.1 Å². The monoisotopic (exact) mass is 261 g/mol. The van der Waals surface area contributed by atoms with Crippen molar-refractivity contribution < 1.29 is 13.5 Å². The molecule has 0 radical (unpaired) electrons. The number of nitrogens with zero attached hydrogens (tertiary/aromatic N) is 1. The summed E-state index contributed by atoms with van der Waals surface area (Å²) in [6, 6.07) is 0.640. The van der Waals surface area contributed by atoms with E-state index in [2.05, 4.69) is 4.90 Å². The van der Waals surface area contributed by atoms with E-state index in [0.717, 1.165) is 25.9 Å². The van der Waals surface area contributed by atoms with Crippen LogP contribution in [-0.2, 0) is 9.84 Å². The average molecular weight is 261 g/mol. The second-order valence-electron chi connectivity index (χ2n) is 5.40. The lowest BCUT2D eigenvalue weighted by Gasteiger charge is -2.39. The van der Waals surface area contributed by atoms with Crippen LogP contribution in [0.1, 0.15) is 32.1 Å². The van der Waals surface area contributed by atoms with Crippen LogP contribution in [0.15, 0.2) is 0 Å². The molecule has 0 bridgehead atoms. The highest BCUT2D eigenvalue weighted by atomic mass is 32.2. The summed E-state index contributed by atoms with van der Waals surface area (Å²) in [6.07, 6.45) is 5.38. The van der Waals surface area contributed by atoms with Gasteiger partial charge in [0.2, 0.25) is 0 Å². The van der Waals surface area contributed by atoms with Crippen LogP contribution in [0.3, 0.4) is 0 Å². The summed E-state index contributed by atoms with van der Waals surface area (Å²) in [5.41, 5.74) is 0. The van der Waals surface area contributed by atoms with Crippen molar-refractivity contribution in [3.8, 4) is 0 Å². The molecule has 2 fully saturated rings. The fourth-order valence-corrected chi connectivity index (χ4v) is 4.35. The van der Waals surface area contributed by atoms with Crippen molar-refractivity contribution >= 4 is 9.84 Å². The Balaban J connectivity index is 1.81. The number of sulfone groups is 1. The van der Waals surface area contributed by atoms with E-state index in [-0.39, 0.29) is 6.61 Å². The highest BCUT2D eigenvalue weighted by Gasteiger charge is 2.29. The molecule has 5 heteroatoms. The van der Waals surface area contributed by atoms with Crippen molar-refractivity contribution in [3.05, 3.63) is 0 Å². The van der Waals surface area contributed by atoms with Crippen LogP contribution in [0, 0.1) is 5.92 Å². The first-order valence-corrected chi connectivity index (χ1v) is 8.48. The van der Waals surface area contributed by atoms with Crippen LogP contribution in [0.4, 0.5) is 0 Å². The van der Waals surface area contributed by atoms with Crippen molar-refractivity contribution in [2.75, 3.05) is 31.2 Å². The zero-order chi connectivity index (χ0) is 12.3. The van der Waals surface area contributed by atoms with Gasteiger partial charge >= 0.3 is 0 Å². The minimum Gasteiger partial charge on any atom is -0.395 e. The molecule has 0 aromatic rings. The second kappa shape index (κ2) is 5.67. The molecule has 0 atom stereocenters. The number of aliphatic hydroxyl groups is 1. The Morgan fingerprint density at radius 1 is 1.12 bits per heavy atom. The summed E-state index contributed by atoms with van der Waals surface area (Å²) in [6.45, 7) is 1.93. The molecule has 0 unspecified atom stereocenters. The average Bonchev–Trinajstić information content (AvgIpc) is 2.19. The van der Waals surface area contributed by atoms with E-state index < -0.39 is 9.84 Å². The normalized spacial score (nSPS) is 26.0. The predicted octanol–water partition coefficient (Wildman–Crippen LogP) is 0.658. The van der Waals surface area contributed by atoms with Gasteiger partial charge in [0.05, 0.1) is 18.1 Å². The maximum atomic E-state index is 11.4. The molecule has 100 valence electrons. The molecule has 0 amide bonds. The summed E-state index contributed by atoms with van der Waals surface area (Å²) < 4.78 is 22.7. The zero-order valence-corrected chi connectivity index (χ0v) is 11.2. The molecule has 0 aromatic heterocycles. The largest absolute Gasteiger partial charge is 0.395 e. The van der Waals surface area contributed by atoms with Gasteiger partial charge < -0.3 is 5.11 Å². The molecule has 2 aliphatic rings. The third-order valence-corrected chi connectivity index (χ3v) is 5.86. The Bertz CT molecular complexity index is 324. The van der Waals surface area contributed by atoms with E-state index in [4.69, 9.17) is 5.11 Å². The van der Waals surface area contributed by atoms with Crippen molar-refractivity contribution in [2.45, 2.75) is 38.1 Å². The fourth-order valence-electron chi connectivity index (χ4n) is 2.76. The number of aliphatic hydroxyl groups excluding tert-OH is 1. The molecule has 1 heterocycles.